The lowest BCUT2D eigenvalue weighted by molar-refractivity contribution is -0.140. The van der Waals surface area contributed by atoms with Gasteiger partial charge in [0.1, 0.15) is 12.1 Å². The zero-order valence-electron chi connectivity index (χ0n) is 10.6. The Hall–Kier alpha value is -1.94. The number of ketones is 1. The number of carbonyl (C=O) groups excluding carboxylic acids is 2. The molecule has 0 radical (unpaired) electrons. The molecule has 1 heterocycles. The molecule has 1 aromatic rings. The fourth-order valence-electron chi connectivity index (χ4n) is 2.96. The molecule has 3 rings (SSSR count). The maximum absolute atomic E-state index is 12.3. The number of likely N-dealkylation sites (tertiary alicyclic amines) is 1. The van der Waals surface area contributed by atoms with Gasteiger partial charge in [0.15, 0.2) is 5.78 Å². The van der Waals surface area contributed by atoms with E-state index >= 15 is 0 Å². The molecule has 4 nitrogen and oxygen atoms in total. The molecule has 2 aliphatic rings. The van der Waals surface area contributed by atoms with Crippen LogP contribution in [0.5, 0.6) is 0 Å². The molecule has 1 aliphatic carbocycles. The van der Waals surface area contributed by atoms with E-state index in [1.165, 1.54) is 11.0 Å². The number of aliphatic hydroxyl groups excluding tert-OH is 1. The maximum Gasteiger partial charge on any atom is 0.236 e. The number of carbonyl (C=O) groups is 2. The largest absolute Gasteiger partial charge is 0.373 e. The first kappa shape index (κ1) is 12.1. The summed E-state index contributed by atoms with van der Waals surface area (Å²) in [5.74, 6) is -1.59. The van der Waals surface area contributed by atoms with Crippen LogP contribution in [0.2, 0.25) is 0 Å². The van der Waals surface area contributed by atoms with Crippen molar-refractivity contribution < 1.29 is 14.7 Å². The second kappa shape index (κ2) is 4.31. The fourth-order valence-corrected chi connectivity index (χ4v) is 2.96. The van der Waals surface area contributed by atoms with Crippen molar-refractivity contribution in [3.8, 4) is 0 Å². The van der Waals surface area contributed by atoms with Crippen LogP contribution in [-0.4, -0.2) is 27.9 Å². The molecule has 1 unspecified atom stereocenters. The van der Waals surface area contributed by atoms with Gasteiger partial charge in [-0.05, 0) is 18.6 Å². The van der Waals surface area contributed by atoms with Crippen LogP contribution in [-0.2, 0) is 9.59 Å². The predicted octanol–water partition coefficient (Wildman–Crippen LogP) is 1.28. The zero-order chi connectivity index (χ0) is 13.6. The average Bonchev–Trinajstić information content (AvgIpc) is 2.91. The van der Waals surface area contributed by atoms with Crippen LogP contribution in [0.4, 0.5) is 0 Å². The van der Waals surface area contributed by atoms with Gasteiger partial charge in [0, 0.05) is 5.92 Å². The topological polar surface area (TPSA) is 57.6 Å². The summed E-state index contributed by atoms with van der Waals surface area (Å²) in [4.78, 5) is 25.4. The van der Waals surface area contributed by atoms with Crippen molar-refractivity contribution in [1.29, 1.82) is 0 Å². The minimum absolute atomic E-state index is 0.197. The average molecular weight is 257 g/mol. The summed E-state index contributed by atoms with van der Waals surface area (Å²) in [7, 11) is 0. The Bertz CT molecular complexity index is 552. The lowest BCUT2D eigenvalue weighted by Crippen LogP contribution is -2.37. The van der Waals surface area contributed by atoms with Gasteiger partial charge >= 0.3 is 0 Å². The van der Waals surface area contributed by atoms with E-state index in [9.17, 15) is 14.7 Å². The van der Waals surface area contributed by atoms with Gasteiger partial charge < -0.3 is 10.0 Å². The number of hydrogen-bond acceptors (Lipinski definition) is 3. The molecule has 1 aliphatic heterocycles. The Balaban J connectivity index is 1.92. The molecule has 19 heavy (non-hydrogen) atoms. The number of amides is 1. The Morgan fingerprint density at radius 3 is 2.53 bits per heavy atom. The molecule has 1 N–H and O–H groups in total. The van der Waals surface area contributed by atoms with Crippen LogP contribution in [0.1, 0.15) is 18.5 Å². The Morgan fingerprint density at radius 2 is 1.89 bits per heavy atom. The number of aliphatic hydroxyl groups is 1. The summed E-state index contributed by atoms with van der Waals surface area (Å²) in [6, 6.07) is 9.28. The van der Waals surface area contributed by atoms with E-state index in [0.717, 1.165) is 5.56 Å². The second-order valence-electron chi connectivity index (χ2n) is 5.06. The van der Waals surface area contributed by atoms with Crippen molar-refractivity contribution in [3.63, 3.8) is 0 Å². The summed E-state index contributed by atoms with van der Waals surface area (Å²) in [5.41, 5.74) is 0.950. The Kier molecular flexibility index (Phi) is 2.75. The third-order valence-electron chi connectivity index (χ3n) is 4.02. The molecule has 4 heteroatoms. The highest BCUT2D eigenvalue weighted by Crippen LogP contribution is 2.40. The molecule has 0 bridgehead atoms. The van der Waals surface area contributed by atoms with Gasteiger partial charge in [-0.15, -0.1) is 0 Å². The van der Waals surface area contributed by atoms with Crippen molar-refractivity contribution >= 4 is 11.7 Å². The van der Waals surface area contributed by atoms with Crippen LogP contribution in [0.15, 0.2) is 42.5 Å². The first-order valence-electron chi connectivity index (χ1n) is 6.38. The molecule has 4 atom stereocenters. The van der Waals surface area contributed by atoms with E-state index in [1.54, 1.807) is 6.08 Å². The molecule has 1 amide bonds. The van der Waals surface area contributed by atoms with Crippen molar-refractivity contribution in [2.45, 2.75) is 19.2 Å². The molecular weight excluding hydrogens is 242 g/mol. The van der Waals surface area contributed by atoms with Crippen molar-refractivity contribution in [1.82, 2.24) is 4.90 Å². The Labute approximate surface area is 111 Å². The lowest BCUT2D eigenvalue weighted by Gasteiger charge is -2.29. The van der Waals surface area contributed by atoms with Gasteiger partial charge in [-0.1, -0.05) is 36.4 Å². The van der Waals surface area contributed by atoms with E-state index < -0.39 is 18.1 Å². The minimum Gasteiger partial charge on any atom is -0.373 e. The highest BCUT2D eigenvalue weighted by atomic mass is 16.3. The van der Waals surface area contributed by atoms with Crippen LogP contribution < -0.4 is 0 Å². The number of hydrogen-bond donors (Lipinski definition) is 1. The van der Waals surface area contributed by atoms with Crippen LogP contribution in [0.3, 0.4) is 0 Å². The van der Waals surface area contributed by atoms with E-state index in [2.05, 4.69) is 0 Å². The van der Waals surface area contributed by atoms with Crippen molar-refractivity contribution in [3.05, 3.63) is 48.0 Å². The first-order chi connectivity index (χ1) is 9.11. The van der Waals surface area contributed by atoms with Gasteiger partial charge in [0.05, 0.1) is 6.04 Å². The summed E-state index contributed by atoms with van der Waals surface area (Å²) in [6.45, 7) is 1.87. The van der Waals surface area contributed by atoms with Crippen LogP contribution in [0.25, 0.3) is 0 Å². The van der Waals surface area contributed by atoms with Gasteiger partial charge in [0.25, 0.3) is 0 Å². The van der Waals surface area contributed by atoms with Gasteiger partial charge in [-0.3, -0.25) is 9.59 Å². The van der Waals surface area contributed by atoms with Gasteiger partial charge in [-0.25, -0.2) is 0 Å². The normalized spacial score (nSPS) is 30.8. The number of fused-ring (bicyclic) bond motifs is 1. The molecule has 0 saturated carbocycles. The second-order valence-corrected chi connectivity index (χ2v) is 5.06. The molecule has 0 aromatic heterocycles. The van der Waals surface area contributed by atoms with E-state index in [1.807, 2.05) is 37.3 Å². The molecular formula is C15H15NO3. The minimum atomic E-state index is -0.921. The molecule has 98 valence electrons. The molecule has 0 spiro atoms. The summed E-state index contributed by atoms with van der Waals surface area (Å²) >= 11 is 0. The van der Waals surface area contributed by atoms with Crippen molar-refractivity contribution in [2.75, 3.05) is 0 Å². The standard InChI is InChI=1S/C15H15NO3/c1-9(10-5-3-2-4-6-10)16-14(18)11-7-8-12(17)13(11)15(16)19/h2-9,11,13-14,18H,1H3/t9-,11-,13-,14?/m1/s1. The predicted molar refractivity (Wildman–Crippen MR) is 68.8 cm³/mol. The molecule has 1 saturated heterocycles. The summed E-state index contributed by atoms with van der Waals surface area (Å²) in [5, 5.41) is 10.3. The third-order valence-corrected chi connectivity index (χ3v) is 4.02. The third kappa shape index (κ3) is 1.71. The first-order valence-corrected chi connectivity index (χ1v) is 6.38. The SMILES string of the molecule is C[C@H](c1ccccc1)N1C(=O)[C@H]2C(=O)C=C[C@H]2C1O. The maximum atomic E-state index is 12.3. The molecule has 1 fully saturated rings. The quantitative estimate of drug-likeness (QED) is 0.812. The summed E-state index contributed by atoms with van der Waals surface area (Å²) in [6.07, 6.45) is 2.13. The fraction of sp³-hybridized carbons (Fsp3) is 0.333. The number of benzene rings is 1. The van der Waals surface area contributed by atoms with E-state index in [-0.39, 0.29) is 17.7 Å². The van der Waals surface area contributed by atoms with Crippen molar-refractivity contribution in [2.24, 2.45) is 11.8 Å². The van der Waals surface area contributed by atoms with Crippen LogP contribution >= 0.6 is 0 Å². The Morgan fingerprint density at radius 1 is 1.21 bits per heavy atom. The van der Waals surface area contributed by atoms with E-state index in [4.69, 9.17) is 0 Å². The van der Waals surface area contributed by atoms with Crippen LogP contribution in [0, 0.1) is 11.8 Å². The zero-order valence-corrected chi connectivity index (χ0v) is 10.6. The monoisotopic (exact) mass is 257 g/mol. The van der Waals surface area contributed by atoms with Gasteiger partial charge in [0.2, 0.25) is 5.91 Å². The highest BCUT2D eigenvalue weighted by Gasteiger charge is 2.52. The highest BCUT2D eigenvalue weighted by molar-refractivity contribution is 6.10. The number of allylic oxidation sites excluding steroid dienone is 1. The molecule has 1 aromatic carbocycles. The van der Waals surface area contributed by atoms with Gasteiger partial charge in [-0.2, -0.15) is 0 Å². The summed E-state index contributed by atoms with van der Waals surface area (Å²) < 4.78 is 0. The number of nitrogens with zero attached hydrogens (tertiary/aromatic N) is 1. The van der Waals surface area contributed by atoms with E-state index in [0.29, 0.717) is 0 Å². The number of rotatable bonds is 2. The smallest absolute Gasteiger partial charge is 0.236 e. The lowest BCUT2D eigenvalue weighted by atomic mass is 9.98.